The maximum absolute atomic E-state index is 6.21. The van der Waals surface area contributed by atoms with Gasteiger partial charge in [0.15, 0.2) is 0 Å². The summed E-state index contributed by atoms with van der Waals surface area (Å²) in [6.07, 6.45) is 1.93. The zero-order chi connectivity index (χ0) is 15.5. The quantitative estimate of drug-likeness (QED) is 0.809. The van der Waals surface area contributed by atoms with Gasteiger partial charge >= 0.3 is 0 Å². The van der Waals surface area contributed by atoms with Gasteiger partial charge in [-0.15, -0.1) is 11.6 Å². The van der Waals surface area contributed by atoms with Crippen LogP contribution < -0.4 is 5.32 Å². The van der Waals surface area contributed by atoms with Crippen molar-refractivity contribution >= 4 is 17.4 Å². The lowest BCUT2D eigenvalue weighted by molar-refractivity contribution is 0.585. The Balaban J connectivity index is 2.23. The van der Waals surface area contributed by atoms with Crippen LogP contribution in [0.2, 0.25) is 0 Å². The minimum absolute atomic E-state index is 0.112. The summed E-state index contributed by atoms with van der Waals surface area (Å²) in [5.41, 5.74) is 2.15. The van der Waals surface area contributed by atoms with Crippen molar-refractivity contribution in [2.24, 2.45) is 0 Å². The maximum Gasteiger partial charge on any atom is 0.126 e. The number of nitrogens with zero attached hydrogens (tertiary/aromatic N) is 1. The van der Waals surface area contributed by atoms with Crippen LogP contribution in [0, 0.1) is 0 Å². The fraction of sp³-hybridized carbons (Fsp3) is 0.389. The molecule has 1 atom stereocenters. The van der Waals surface area contributed by atoms with Crippen LogP contribution in [0.4, 0.5) is 5.82 Å². The van der Waals surface area contributed by atoms with Crippen molar-refractivity contribution in [2.45, 2.75) is 38.6 Å². The molecule has 1 heterocycles. The fourth-order valence-corrected chi connectivity index (χ4v) is 2.40. The van der Waals surface area contributed by atoms with Crippen molar-refractivity contribution in [2.75, 3.05) is 11.2 Å². The summed E-state index contributed by atoms with van der Waals surface area (Å²) in [4.78, 5) is 4.53. The Morgan fingerprint density at radius 1 is 0.952 bits per heavy atom. The lowest BCUT2D eigenvalue weighted by atomic mass is 9.88. The molecule has 0 aliphatic heterocycles. The lowest BCUT2D eigenvalue weighted by Gasteiger charge is -2.30. The van der Waals surface area contributed by atoms with E-state index in [4.69, 9.17) is 11.6 Å². The normalized spacial score (nSPS) is 14.5. The molecule has 2 rings (SSSR count). The molecule has 3 heteroatoms. The van der Waals surface area contributed by atoms with Crippen LogP contribution in [0.5, 0.6) is 0 Å². The predicted octanol–water partition coefficient (Wildman–Crippen LogP) is 4.95. The van der Waals surface area contributed by atoms with Crippen LogP contribution in [0.15, 0.2) is 48.7 Å². The molecule has 2 nitrogen and oxygen atoms in total. The number of hydrogen-bond acceptors (Lipinski definition) is 2. The van der Waals surface area contributed by atoms with Gasteiger partial charge in [0.2, 0.25) is 0 Å². The summed E-state index contributed by atoms with van der Waals surface area (Å²) in [6, 6.07) is 14.4. The van der Waals surface area contributed by atoms with E-state index < -0.39 is 0 Å². The van der Waals surface area contributed by atoms with Crippen LogP contribution >= 0.6 is 11.6 Å². The molecule has 0 bridgehead atoms. The highest BCUT2D eigenvalue weighted by molar-refractivity contribution is 6.18. The number of hydrogen-bond donors (Lipinski definition) is 1. The van der Waals surface area contributed by atoms with Gasteiger partial charge in [0.05, 0.1) is 5.54 Å². The van der Waals surface area contributed by atoms with Crippen LogP contribution in [0.3, 0.4) is 0 Å². The molecule has 21 heavy (non-hydrogen) atoms. The second-order valence-electron chi connectivity index (χ2n) is 6.64. The Bertz CT molecular complexity index is 572. The third-order valence-corrected chi connectivity index (χ3v) is 4.25. The number of benzene rings is 1. The molecule has 0 fully saturated rings. The molecule has 1 N–H and O–H groups in total. The van der Waals surface area contributed by atoms with Gasteiger partial charge in [-0.3, -0.25) is 0 Å². The molecule has 1 aromatic heterocycles. The van der Waals surface area contributed by atoms with E-state index in [1.54, 1.807) is 0 Å². The van der Waals surface area contributed by atoms with Gasteiger partial charge in [0.25, 0.3) is 0 Å². The van der Waals surface area contributed by atoms with Crippen molar-refractivity contribution in [1.29, 1.82) is 0 Å². The van der Waals surface area contributed by atoms with E-state index in [1.165, 1.54) is 5.56 Å². The first-order chi connectivity index (χ1) is 9.85. The van der Waals surface area contributed by atoms with Gasteiger partial charge in [0.1, 0.15) is 5.82 Å². The Morgan fingerprint density at radius 3 is 2.10 bits per heavy atom. The molecule has 1 aromatic carbocycles. The minimum atomic E-state index is -0.334. The summed E-state index contributed by atoms with van der Waals surface area (Å²) in [6.45, 7) is 8.65. The van der Waals surface area contributed by atoms with Crippen molar-refractivity contribution < 1.29 is 0 Å². The van der Waals surface area contributed by atoms with Gasteiger partial charge in [-0.05, 0) is 29.5 Å². The monoisotopic (exact) mass is 302 g/mol. The molecular formula is C18H23ClN2. The third-order valence-electron chi connectivity index (χ3n) is 3.71. The number of aromatic nitrogens is 1. The number of alkyl halides is 1. The van der Waals surface area contributed by atoms with Crippen LogP contribution in [0.1, 0.15) is 38.8 Å². The molecule has 1 unspecified atom stereocenters. The van der Waals surface area contributed by atoms with Crippen molar-refractivity contribution in [3.8, 4) is 0 Å². The van der Waals surface area contributed by atoms with Gasteiger partial charge < -0.3 is 5.32 Å². The van der Waals surface area contributed by atoms with E-state index in [9.17, 15) is 0 Å². The highest BCUT2D eigenvalue weighted by atomic mass is 35.5. The van der Waals surface area contributed by atoms with E-state index in [0.717, 1.165) is 11.4 Å². The Labute approximate surface area is 132 Å². The second-order valence-corrected chi connectivity index (χ2v) is 6.91. The van der Waals surface area contributed by atoms with Gasteiger partial charge in [-0.2, -0.15) is 0 Å². The van der Waals surface area contributed by atoms with Crippen LogP contribution in [0.25, 0.3) is 0 Å². The minimum Gasteiger partial charge on any atom is -0.360 e. The molecule has 0 saturated heterocycles. The van der Waals surface area contributed by atoms with Crippen molar-refractivity contribution in [1.82, 2.24) is 4.98 Å². The molecule has 0 spiro atoms. The van der Waals surface area contributed by atoms with Gasteiger partial charge in [-0.1, -0.05) is 57.2 Å². The van der Waals surface area contributed by atoms with Crippen LogP contribution in [-0.4, -0.2) is 10.9 Å². The Hall–Kier alpha value is -1.54. The SMILES string of the molecule is CC(C)(C)c1ccc(NC(C)(CCl)c2ccccc2)nc1. The molecule has 0 radical (unpaired) electrons. The highest BCUT2D eigenvalue weighted by Crippen LogP contribution is 2.28. The van der Waals surface area contributed by atoms with E-state index in [1.807, 2.05) is 30.5 Å². The molecule has 2 aromatic rings. The molecule has 0 amide bonds. The van der Waals surface area contributed by atoms with E-state index in [0.29, 0.717) is 5.88 Å². The van der Waals surface area contributed by atoms with Crippen LogP contribution in [-0.2, 0) is 11.0 Å². The van der Waals surface area contributed by atoms with E-state index >= 15 is 0 Å². The number of halogens is 1. The highest BCUT2D eigenvalue weighted by Gasteiger charge is 2.25. The number of pyridine rings is 1. The third kappa shape index (κ3) is 3.76. The lowest BCUT2D eigenvalue weighted by Crippen LogP contribution is -2.34. The summed E-state index contributed by atoms with van der Waals surface area (Å²) in [7, 11) is 0. The number of rotatable bonds is 4. The molecule has 0 aliphatic carbocycles. The zero-order valence-electron chi connectivity index (χ0n) is 13.2. The smallest absolute Gasteiger partial charge is 0.126 e. The number of nitrogens with one attached hydrogen (secondary N) is 1. The Kier molecular flexibility index (Phi) is 4.58. The Morgan fingerprint density at radius 2 is 1.62 bits per heavy atom. The molecular weight excluding hydrogens is 280 g/mol. The second kappa shape index (κ2) is 6.07. The summed E-state index contributed by atoms with van der Waals surface area (Å²) in [5, 5.41) is 3.46. The van der Waals surface area contributed by atoms with Crippen molar-refractivity contribution in [3.05, 3.63) is 59.8 Å². The molecule has 0 saturated carbocycles. The average molecular weight is 303 g/mol. The first-order valence-electron chi connectivity index (χ1n) is 7.21. The van der Waals surface area contributed by atoms with Gasteiger partial charge in [0, 0.05) is 12.1 Å². The van der Waals surface area contributed by atoms with E-state index in [2.05, 4.69) is 56.2 Å². The van der Waals surface area contributed by atoms with Gasteiger partial charge in [-0.25, -0.2) is 4.98 Å². The maximum atomic E-state index is 6.21. The fourth-order valence-electron chi connectivity index (χ4n) is 2.18. The predicted molar refractivity (Wildman–Crippen MR) is 91.1 cm³/mol. The molecule has 0 aliphatic rings. The first kappa shape index (κ1) is 15.8. The summed E-state index contributed by atoms with van der Waals surface area (Å²) < 4.78 is 0. The summed E-state index contributed by atoms with van der Waals surface area (Å²) in [5.74, 6) is 1.31. The first-order valence-corrected chi connectivity index (χ1v) is 7.75. The average Bonchev–Trinajstić information content (AvgIpc) is 2.47. The topological polar surface area (TPSA) is 24.9 Å². The summed E-state index contributed by atoms with van der Waals surface area (Å²) >= 11 is 6.21. The largest absolute Gasteiger partial charge is 0.360 e. The molecule has 112 valence electrons. The van der Waals surface area contributed by atoms with Crippen molar-refractivity contribution in [3.63, 3.8) is 0 Å². The zero-order valence-corrected chi connectivity index (χ0v) is 13.9. The standard InChI is InChI=1S/C18H23ClN2/c1-17(2,3)15-10-11-16(20-12-15)21-18(4,13-19)14-8-6-5-7-9-14/h5-12H,13H2,1-4H3,(H,20,21). The van der Waals surface area contributed by atoms with E-state index in [-0.39, 0.29) is 11.0 Å². The number of anilines is 1.